The van der Waals surface area contributed by atoms with Gasteiger partial charge in [0.05, 0.1) is 39.5 Å². The number of carbonyl (C=O) groups excluding carboxylic acids is 2. The molecule has 1 aromatic carbocycles. The molecule has 2 aromatic heterocycles. The van der Waals surface area contributed by atoms with Crippen LogP contribution in [0.1, 0.15) is 22.2 Å². The predicted molar refractivity (Wildman–Crippen MR) is 106 cm³/mol. The zero-order valence-electron chi connectivity index (χ0n) is 16.3. The van der Waals surface area contributed by atoms with Crippen molar-refractivity contribution in [1.82, 2.24) is 19.9 Å². The minimum atomic E-state index is -0.994. The number of hydrogen-bond acceptors (Lipinski definition) is 8. The number of amides is 1. The van der Waals surface area contributed by atoms with Crippen molar-refractivity contribution in [2.45, 2.75) is 6.04 Å². The summed E-state index contributed by atoms with van der Waals surface area (Å²) in [5.41, 5.74) is 1.47. The highest BCUT2D eigenvalue weighted by Crippen LogP contribution is 2.33. The molecule has 0 aliphatic carbocycles. The van der Waals surface area contributed by atoms with Crippen LogP contribution in [0.25, 0.3) is 10.6 Å². The summed E-state index contributed by atoms with van der Waals surface area (Å²) in [6, 6.07) is 4.39. The molecule has 0 saturated heterocycles. The fourth-order valence-electron chi connectivity index (χ4n) is 2.70. The Kier molecular flexibility index (Phi) is 6.13. The zero-order valence-corrected chi connectivity index (χ0v) is 17.1. The van der Waals surface area contributed by atoms with E-state index < -0.39 is 17.9 Å². The van der Waals surface area contributed by atoms with Crippen molar-refractivity contribution in [2.24, 2.45) is 7.05 Å². The fraction of sp³-hybridized carbons (Fsp3) is 0.263. The number of nitrogens with one attached hydrogen (secondary N) is 1. The number of carbonyl (C=O) groups is 2. The normalized spacial score (nSPS) is 11.6. The van der Waals surface area contributed by atoms with Crippen LogP contribution < -0.4 is 14.8 Å². The van der Waals surface area contributed by atoms with E-state index in [0.29, 0.717) is 22.2 Å². The van der Waals surface area contributed by atoms with E-state index in [9.17, 15) is 9.59 Å². The monoisotopic (exact) mass is 416 g/mol. The molecule has 0 radical (unpaired) electrons. The van der Waals surface area contributed by atoms with Gasteiger partial charge in [-0.2, -0.15) is 0 Å². The van der Waals surface area contributed by atoms with Crippen LogP contribution in [0.4, 0.5) is 0 Å². The first-order valence-corrected chi connectivity index (χ1v) is 9.39. The third-order valence-electron chi connectivity index (χ3n) is 4.23. The standard InChI is InChI=1S/C19H20N4O5S/c1-23-10-20-8-13(23)16(19(25)28-4)22-17(24)12-9-29-18(21-12)11-5-6-14(26-2)15(7-11)27-3/h5-10,16H,1-4H3,(H,22,24). The second-order valence-corrected chi connectivity index (χ2v) is 6.82. The Hall–Kier alpha value is -3.40. The van der Waals surface area contributed by atoms with Crippen LogP contribution in [0, 0.1) is 0 Å². The number of methoxy groups -OCH3 is 3. The van der Waals surface area contributed by atoms with Gasteiger partial charge in [-0.15, -0.1) is 11.3 Å². The SMILES string of the molecule is COC(=O)C(NC(=O)c1csc(-c2ccc(OC)c(OC)c2)n1)c1cncn1C. The molecule has 0 fully saturated rings. The van der Waals surface area contributed by atoms with E-state index in [2.05, 4.69) is 15.3 Å². The quantitative estimate of drug-likeness (QED) is 0.589. The predicted octanol–water partition coefficient (Wildman–Crippen LogP) is 2.20. The Balaban J connectivity index is 1.83. The smallest absolute Gasteiger partial charge is 0.334 e. The molecule has 1 N–H and O–H groups in total. The van der Waals surface area contributed by atoms with E-state index in [-0.39, 0.29) is 5.69 Å². The Bertz CT molecular complexity index is 1030. The van der Waals surface area contributed by atoms with Crippen molar-refractivity contribution >= 4 is 23.2 Å². The van der Waals surface area contributed by atoms with Crippen molar-refractivity contribution < 1.29 is 23.8 Å². The Labute approximate surface area is 171 Å². The number of benzene rings is 1. The molecule has 3 rings (SSSR count). The number of rotatable bonds is 7. The number of aryl methyl sites for hydroxylation is 1. The Morgan fingerprint density at radius 2 is 1.93 bits per heavy atom. The zero-order chi connectivity index (χ0) is 21.0. The summed E-state index contributed by atoms with van der Waals surface area (Å²) >= 11 is 1.30. The topological polar surface area (TPSA) is 105 Å². The van der Waals surface area contributed by atoms with Crippen LogP contribution in [0.5, 0.6) is 11.5 Å². The van der Waals surface area contributed by atoms with Crippen molar-refractivity contribution in [2.75, 3.05) is 21.3 Å². The van der Waals surface area contributed by atoms with Gasteiger partial charge in [0, 0.05) is 18.0 Å². The molecule has 0 spiro atoms. The molecular weight excluding hydrogens is 396 g/mol. The largest absolute Gasteiger partial charge is 0.493 e. The first-order valence-electron chi connectivity index (χ1n) is 8.51. The lowest BCUT2D eigenvalue weighted by Gasteiger charge is -2.16. The van der Waals surface area contributed by atoms with Gasteiger partial charge in [-0.1, -0.05) is 0 Å². The van der Waals surface area contributed by atoms with Crippen molar-refractivity contribution in [3.8, 4) is 22.1 Å². The van der Waals surface area contributed by atoms with Crippen LogP contribution >= 0.6 is 11.3 Å². The van der Waals surface area contributed by atoms with Gasteiger partial charge in [0.25, 0.3) is 5.91 Å². The van der Waals surface area contributed by atoms with Crippen molar-refractivity contribution in [1.29, 1.82) is 0 Å². The number of nitrogens with zero attached hydrogens (tertiary/aromatic N) is 3. The molecule has 10 heteroatoms. The van der Waals surface area contributed by atoms with Gasteiger partial charge in [0.2, 0.25) is 0 Å². The second kappa shape index (κ2) is 8.74. The lowest BCUT2D eigenvalue weighted by molar-refractivity contribution is -0.143. The maximum atomic E-state index is 12.7. The number of ether oxygens (including phenoxy) is 3. The highest BCUT2D eigenvalue weighted by Gasteiger charge is 2.27. The number of imidazole rings is 1. The highest BCUT2D eigenvalue weighted by molar-refractivity contribution is 7.13. The number of hydrogen-bond donors (Lipinski definition) is 1. The molecule has 0 aliphatic rings. The number of esters is 1. The average Bonchev–Trinajstić information content (AvgIpc) is 3.40. The molecule has 0 aliphatic heterocycles. The first-order chi connectivity index (χ1) is 14.0. The van der Waals surface area contributed by atoms with E-state index in [1.54, 1.807) is 43.3 Å². The minimum Gasteiger partial charge on any atom is -0.493 e. The summed E-state index contributed by atoms with van der Waals surface area (Å²) in [6.45, 7) is 0. The van der Waals surface area contributed by atoms with Gasteiger partial charge in [0.15, 0.2) is 17.5 Å². The molecule has 3 aromatic rings. The van der Waals surface area contributed by atoms with Gasteiger partial charge in [-0.25, -0.2) is 14.8 Å². The lowest BCUT2D eigenvalue weighted by atomic mass is 10.2. The lowest BCUT2D eigenvalue weighted by Crippen LogP contribution is -2.35. The van der Waals surface area contributed by atoms with Crippen LogP contribution in [-0.4, -0.2) is 47.7 Å². The highest BCUT2D eigenvalue weighted by atomic mass is 32.1. The van der Waals surface area contributed by atoms with E-state index in [1.807, 2.05) is 6.07 Å². The summed E-state index contributed by atoms with van der Waals surface area (Å²) in [7, 11) is 6.09. The minimum absolute atomic E-state index is 0.191. The summed E-state index contributed by atoms with van der Waals surface area (Å²) in [4.78, 5) is 33.2. The summed E-state index contributed by atoms with van der Waals surface area (Å²) < 4.78 is 17.0. The van der Waals surface area contributed by atoms with E-state index in [0.717, 1.165) is 5.56 Å². The summed E-state index contributed by atoms with van der Waals surface area (Å²) in [5, 5.41) is 4.91. The van der Waals surface area contributed by atoms with Gasteiger partial charge in [0.1, 0.15) is 10.7 Å². The molecular formula is C19H20N4O5S. The molecule has 29 heavy (non-hydrogen) atoms. The van der Waals surface area contributed by atoms with Gasteiger partial charge < -0.3 is 24.1 Å². The van der Waals surface area contributed by atoms with Crippen molar-refractivity contribution in [3.63, 3.8) is 0 Å². The van der Waals surface area contributed by atoms with Crippen LogP contribution in [-0.2, 0) is 16.6 Å². The molecule has 2 heterocycles. The molecule has 1 atom stereocenters. The molecule has 0 bridgehead atoms. The van der Waals surface area contributed by atoms with Crippen molar-refractivity contribution in [3.05, 3.63) is 47.5 Å². The van der Waals surface area contributed by atoms with Gasteiger partial charge in [-0.3, -0.25) is 4.79 Å². The summed E-state index contributed by atoms with van der Waals surface area (Å²) in [6.07, 6.45) is 3.04. The summed E-state index contributed by atoms with van der Waals surface area (Å²) in [5.74, 6) is 0.0675. The van der Waals surface area contributed by atoms with Crippen LogP contribution in [0.3, 0.4) is 0 Å². The van der Waals surface area contributed by atoms with Crippen LogP contribution in [0.2, 0.25) is 0 Å². The maximum absolute atomic E-state index is 12.7. The maximum Gasteiger partial charge on any atom is 0.334 e. The third kappa shape index (κ3) is 4.21. The third-order valence-corrected chi connectivity index (χ3v) is 5.12. The molecule has 1 amide bonds. The van der Waals surface area contributed by atoms with E-state index in [4.69, 9.17) is 14.2 Å². The van der Waals surface area contributed by atoms with Gasteiger partial charge in [-0.05, 0) is 18.2 Å². The van der Waals surface area contributed by atoms with Crippen LogP contribution in [0.15, 0.2) is 36.1 Å². The van der Waals surface area contributed by atoms with E-state index >= 15 is 0 Å². The first kappa shape index (κ1) is 20.3. The fourth-order valence-corrected chi connectivity index (χ4v) is 3.50. The van der Waals surface area contributed by atoms with Gasteiger partial charge >= 0.3 is 5.97 Å². The Morgan fingerprint density at radius 3 is 2.55 bits per heavy atom. The average molecular weight is 416 g/mol. The molecule has 0 saturated carbocycles. The number of aromatic nitrogens is 3. The Morgan fingerprint density at radius 1 is 1.17 bits per heavy atom. The molecule has 9 nitrogen and oxygen atoms in total. The molecule has 1 unspecified atom stereocenters. The number of thiazole rings is 1. The van der Waals surface area contributed by atoms with E-state index in [1.165, 1.54) is 31.0 Å². The second-order valence-electron chi connectivity index (χ2n) is 5.97. The molecule has 152 valence electrons.